The van der Waals surface area contributed by atoms with Crippen molar-refractivity contribution in [1.29, 1.82) is 0 Å². The fraction of sp³-hybridized carbons (Fsp3) is 0.154. The van der Waals surface area contributed by atoms with Gasteiger partial charge in [-0.05, 0) is 80.1 Å². The lowest BCUT2D eigenvalue weighted by atomic mass is 10.1. The van der Waals surface area contributed by atoms with Gasteiger partial charge in [-0.1, -0.05) is 51.4 Å². The molecule has 3 aromatic carbocycles. The molecule has 0 fully saturated rings. The molecule has 0 saturated heterocycles. The number of rotatable bonds is 9. The largest absolute Gasteiger partial charge is 0.494 e. The monoisotopic (exact) mass is 583 g/mol. The van der Waals surface area contributed by atoms with Crippen molar-refractivity contribution in [1.82, 2.24) is 20.2 Å². The lowest BCUT2D eigenvalue weighted by molar-refractivity contribution is -0.118. The first-order valence-corrected chi connectivity index (χ1v) is 13.3. The third-order valence-electron chi connectivity index (χ3n) is 5.08. The van der Waals surface area contributed by atoms with Crippen molar-refractivity contribution in [3.8, 4) is 22.8 Å². The number of amides is 1. The van der Waals surface area contributed by atoms with Crippen molar-refractivity contribution >= 4 is 50.9 Å². The number of hydrogen-bond acceptors (Lipinski definition) is 6. The number of thioether (sulfide) groups is 1. The molecule has 0 aliphatic heterocycles. The minimum Gasteiger partial charge on any atom is -0.494 e. The van der Waals surface area contributed by atoms with E-state index in [2.05, 4.69) is 36.7 Å². The van der Waals surface area contributed by atoms with E-state index in [-0.39, 0.29) is 11.7 Å². The first-order valence-electron chi connectivity index (χ1n) is 11.1. The predicted octanol–water partition coefficient (Wildman–Crippen LogP) is 6.38. The molecule has 0 radical (unpaired) electrons. The summed E-state index contributed by atoms with van der Waals surface area (Å²) < 4.78 is 8.46. The minimum absolute atomic E-state index is 0.118. The average Bonchev–Trinajstić information content (AvgIpc) is 3.31. The van der Waals surface area contributed by atoms with Gasteiger partial charge in [-0.25, -0.2) is 5.43 Å². The van der Waals surface area contributed by atoms with Crippen LogP contribution < -0.4 is 10.2 Å². The van der Waals surface area contributed by atoms with Gasteiger partial charge in [0.25, 0.3) is 5.91 Å². The number of hydrogen-bond donors (Lipinski definition) is 1. The van der Waals surface area contributed by atoms with Crippen LogP contribution in [-0.4, -0.2) is 38.7 Å². The number of carbonyl (C=O) groups is 1. The minimum atomic E-state index is -0.245. The molecule has 1 aromatic heterocycles. The predicted molar refractivity (Wildman–Crippen MR) is 148 cm³/mol. The van der Waals surface area contributed by atoms with E-state index in [0.29, 0.717) is 28.3 Å². The van der Waals surface area contributed by atoms with Gasteiger partial charge < -0.3 is 4.74 Å². The maximum absolute atomic E-state index is 12.5. The Labute approximate surface area is 227 Å². The van der Waals surface area contributed by atoms with Crippen LogP contribution in [0.25, 0.3) is 17.1 Å². The second-order valence-electron chi connectivity index (χ2n) is 7.60. The molecule has 1 heterocycles. The third kappa shape index (κ3) is 6.54. The normalized spacial score (nSPS) is 11.4. The summed E-state index contributed by atoms with van der Waals surface area (Å²) in [5.74, 6) is 1.29. The fourth-order valence-electron chi connectivity index (χ4n) is 3.30. The van der Waals surface area contributed by atoms with Crippen molar-refractivity contribution in [2.24, 2.45) is 5.10 Å². The lowest BCUT2D eigenvalue weighted by Crippen LogP contribution is -2.21. The summed E-state index contributed by atoms with van der Waals surface area (Å²) in [6, 6.07) is 22.8. The molecule has 0 spiro atoms. The number of aromatic nitrogens is 3. The zero-order valence-corrected chi connectivity index (χ0v) is 22.8. The van der Waals surface area contributed by atoms with Gasteiger partial charge in [0, 0.05) is 20.7 Å². The molecule has 0 aliphatic carbocycles. The number of benzene rings is 3. The molecule has 10 heteroatoms. The Bertz CT molecular complexity index is 1360. The molecule has 4 aromatic rings. The average molecular weight is 585 g/mol. The van der Waals surface area contributed by atoms with Crippen LogP contribution in [0.5, 0.6) is 5.75 Å². The first kappa shape index (κ1) is 25.9. The summed E-state index contributed by atoms with van der Waals surface area (Å²) in [5.41, 5.74) is 5.96. The second kappa shape index (κ2) is 12.2. The molecule has 1 amide bonds. The molecular formula is C26H23BrClN5O2S. The van der Waals surface area contributed by atoms with Crippen LogP contribution in [0.3, 0.4) is 0 Å². The summed E-state index contributed by atoms with van der Waals surface area (Å²) >= 11 is 10.8. The van der Waals surface area contributed by atoms with E-state index in [0.717, 1.165) is 27.0 Å². The van der Waals surface area contributed by atoms with Crippen LogP contribution in [0.2, 0.25) is 5.02 Å². The molecular weight excluding hydrogens is 562 g/mol. The maximum atomic E-state index is 12.5. The quantitative estimate of drug-likeness (QED) is 0.140. The first-order chi connectivity index (χ1) is 17.4. The van der Waals surface area contributed by atoms with Gasteiger partial charge in [0.15, 0.2) is 11.0 Å². The molecule has 0 saturated carbocycles. The number of hydrazone groups is 1. The highest BCUT2D eigenvalue weighted by atomic mass is 79.9. The van der Waals surface area contributed by atoms with E-state index in [1.165, 1.54) is 11.8 Å². The molecule has 4 rings (SSSR count). The van der Waals surface area contributed by atoms with Crippen molar-refractivity contribution in [2.45, 2.75) is 19.0 Å². The summed E-state index contributed by atoms with van der Waals surface area (Å²) in [6.07, 6.45) is 0. The Kier molecular flexibility index (Phi) is 8.79. The molecule has 0 aliphatic rings. The molecule has 7 nitrogen and oxygen atoms in total. The van der Waals surface area contributed by atoms with Crippen molar-refractivity contribution < 1.29 is 9.53 Å². The fourth-order valence-corrected chi connectivity index (χ4v) is 4.44. The third-order valence-corrected chi connectivity index (χ3v) is 6.79. The van der Waals surface area contributed by atoms with E-state index in [1.807, 2.05) is 79.1 Å². The zero-order valence-electron chi connectivity index (χ0n) is 19.6. The van der Waals surface area contributed by atoms with Gasteiger partial charge in [-0.3, -0.25) is 9.36 Å². The lowest BCUT2D eigenvalue weighted by Gasteiger charge is -2.11. The highest BCUT2D eigenvalue weighted by Gasteiger charge is 2.17. The van der Waals surface area contributed by atoms with Crippen LogP contribution in [0.1, 0.15) is 19.4 Å². The van der Waals surface area contributed by atoms with E-state index in [4.69, 9.17) is 16.3 Å². The molecule has 1 N–H and O–H groups in total. The Balaban J connectivity index is 1.53. The van der Waals surface area contributed by atoms with Crippen LogP contribution in [0.15, 0.2) is 87.5 Å². The van der Waals surface area contributed by atoms with E-state index in [9.17, 15) is 4.79 Å². The van der Waals surface area contributed by atoms with Gasteiger partial charge >= 0.3 is 0 Å². The molecule has 184 valence electrons. The number of nitrogens with zero attached hydrogens (tertiary/aromatic N) is 4. The summed E-state index contributed by atoms with van der Waals surface area (Å²) in [7, 11) is 0. The molecule has 0 atom stereocenters. The van der Waals surface area contributed by atoms with Gasteiger partial charge in [0.05, 0.1) is 18.1 Å². The van der Waals surface area contributed by atoms with Crippen molar-refractivity contribution in [2.75, 3.05) is 12.4 Å². The number of ether oxygens (including phenoxy) is 1. The van der Waals surface area contributed by atoms with E-state index >= 15 is 0 Å². The highest BCUT2D eigenvalue weighted by Crippen LogP contribution is 2.29. The Morgan fingerprint density at radius 2 is 1.75 bits per heavy atom. The van der Waals surface area contributed by atoms with Crippen LogP contribution in [0, 0.1) is 0 Å². The Hall–Kier alpha value is -3.14. The standard InChI is InChI=1S/C26H23BrClN5O2S/c1-3-35-23-14-12-22(13-15-23)33-25(19-6-10-21(28)11-7-19)31-32-26(33)36-16-24(34)30-29-17(2)18-4-8-20(27)9-5-18/h4-15H,3,16H2,1-2H3,(H,30,34)/b29-17-. The van der Waals surface area contributed by atoms with Crippen molar-refractivity contribution in [3.05, 3.63) is 87.9 Å². The second-order valence-corrected chi connectivity index (χ2v) is 9.90. The van der Waals surface area contributed by atoms with E-state index in [1.54, 1.807) is 12.1 Å². The van der Waals surface area contributed by atoms with Crippen LogP contribution in [-0.2, 0) is 4.79 Å². The Morgan fingerprint density at radius 1 is 1.06 bits per heavy atom. The molecule has 0 unspecified atom stereocenters. The van der Waals surface area contributed by atoms with Crippen molar-refractivity contribution in [3.63, 3.8) is 0 Å². The highest BCUT2D eigenvalue weighted by molar-refractivity contribution is 9.10. The summed E-state index contributed by atoms with van der Waals surface area (Å²) in [4.78, 5) is 12.5. The van der Waals surface area contributed by atoms with Gasteiger partial charge in [-0.15, -0.1) is 10.2 Å². The molecule has 36 heavy (non-hydrogen) atoms. The van der Waals surface area contributed by atoms with Gasteiger partial charge in [0.2, 0.25) is 0 Å². The van der Waals surface area contributed by atoms with E-state index < -0.39 is 0 Å². The Morgan fingerprint density at radius 3 is 2.42 bits per heavy atom. The summed E-state index contributed by atoms with van der Waals surface area (Å²) in [5, 5.41) is 14.2. The number of nitrogens with one attached hydrogen (secondary N) is 1. The van der Waals surface area contributed by atoms with Crippen LogP contribution >= 0.6 is 39.3 Å². The SMILES string of the molecule is CCOc1ccc(-n2c(SCC(=O)N/N=C(/C)c3ccc(Br)cc3)nnc2-c2ccc(Cl)cc2)cc1. The number of halogens is 2. The topological polar surface area (TPSA) is 81.4 Å². The number of carbonyl (C=O) groups excluding carboxylic acids is 1. The zero-order chi connectivity index (χ0) is 25.5. The molecule has 0 bridgehead atoms. The van der Waals surface area contributed by atoms with Crippen LogP contribution in [0.4, 0.5) is 0 Å². The van der Waals surface area contributed by atoms with Gasteiger partial charge in [-0.2, -0.15) is 5.10 Å². The van der Waals surface area contributed by atoms with Gasteiger partial charge in [0.1, 0.15) is 5.75 Å². The maximum Gasteiger partial charge on any atom is 0.250 e. The summed E-state index contributed by atoms with van der Waals surface area (Å²) in [6.45, 7) is 4.37. The smallest absolute Gasteiger partial charge is 0.250 e.